The second-order valence-corrected chi connectivity index (χ2v) is 8.95. The van der Waals surface area contributed by atoms with Gasteiger partial charge in [0.1, 0.15) is 4.88 Å². The van der Waals surface area contributed by atoms with Crippen molar-refractivity contribution in [1.82, 2.24) is 4.98 Å². The van der Waals surface area contributed by atoms with E-state index >= 15 is 0 Å². The van der Waals surface area contributed by atoms with Crippen LogP contribution in [0.2, 0.25) is 5.02 Å². The third-order valence-electron chi connectivity index (χ3n) is 4.40. The number of nitrogens with one attached hydrogen (secondary N) is 1. The first-order valence-corrected chi connectivity index (χ1v) is 10.0. The predicted octanol–water partition coefficient (Wildman–Crippen LogP) is 5.70. The van der Waals surface area contributed by atoms with Crippen LogP contribution in [0.1, 0.15) is 39.2 Å². The SMILES string of the molecule is Cc1ccc2c(Cl)c(C(=O)Nc3nc4c(s3)CC(C)CC4)sc2c1. The smallest absolute Gasteiger partial charge is 0.269 e. The van der Waals surface area contributed by atoms with Gasteiger partial charge in [-0.3, -0.25) is 10.1 Å². The molecule has 6 heteroatoms. The Morgan fingerprint density at radius 1 is 1.38 bits per heavy atom. The van der Waals surface area contributed by atoms with E-state index < -0.39 is 0 Å². The van der Waals surface area contributed by atoms with Crippen LogP contribution in [0, 0.1) is 12.8 Å². The number of fused-ring (bicyclic) bond motifs is 2. The summed E-state index contributed by atoms with van der Waals surface area (Å²) in [7, 11) is 0. The van der Waals surface area contributed by atoms with Crippen molar-refractivity contribution >= 4 is 55.4 Å². The van der Waals surface area contributed by atoms with Crippen LogP contribution in [0.15, 0.2) is 18.2 Å². The average molecular weight is 377 g/mol. The molecule has 2 aromatic heterocycles. The second kappa shape index (κ2) is 6.14. The van der Waals surface area contributed by atoms with Gasteiger partial charge in [-0.15, -0.1) is 22.7 Å². The number of carbonyl (C=O) groups is 1. The number of aromatic nitrogens is 1. The maximum Gasteiger partial charge on any atom is 0.269 e. The summed E-state index contributed by atoms with van der Waals surface area (Å²) in [5.74, 6) is 0.528. The lowest BCUT2D eigenvalue weighted by Crippen LogP contribution is -2.11. The van der Waals surface area contributed by atoms with E-state index in [9.17, 15) is 4.79 Å². The average Bonchev–Trinajstić information content (AvgIpc) is 3.07. The number of carbonyl (C=O) groups excluding carboxylic acids is 1. The molecular formula is C18H17ClN2OS2. The van der Waals surface area contributed by atoms with Gasteiger partial charge in [0.15, 0.2) is 5.13 Å². The zero-order chi connectivity index (χ0) is 16.8. The zero-order valence-electron chi connectivity index (χ0n) is 13.5. The fourth-order valence-corrected chi connectivity index (χ4v) is 5.74. The summed E-state index contributed by atoms with van der Waals surface area (Å²) in [5, 5.41) is 5.09. The van der Waals surface area contributed by atoms with Gasteiger partial charge < -0.3 is 0 Å². The molecule has 124 valence electrons. The highest BCUT2D eigenvalue weighted by atomic mass is 35.5. The summed E-state index contributed by atoms with van der Waals surface area (Å²) in [5.41, 5.74) is 2.31. The number of amides is 1. The van der Waals surface area contributed by atoms with E-state index in [0.29, 0.717) is 20.9 Å². The summed E-state index contributed by atoms with van der Waals surface area (Å²) >= 11 is 9.45. The minimum Gasteiger partial charge on any atom is -0.297 e. The Labute approximate surface area is 153 Å². The molecule has 0 spiro atoms. The Kier molecular flexibility index (Phi) is 4.11. The van der Waals surface area contributed by atoms with E-state index in [1.165, 1.54) is 22.6 Å². The number of thiazole rings is 1. The van der Waals surface area contributed by atoms with Crippen LogP contribution in [-0.4, -0.2) is 10.9 Å². The predicted molar refractivity (Wildman–Crippen MR) is 103 cm³/mol. The molecule has 1 N–H and O–H groups in total. The number of anilines is 1. The molecule has 0 bridgehead atoms. The van der Waals surface area contributed by atoms with Gasteiger partial charge in [-0.05, 0) is 43.7 Å². The number of hydrogen-bond acceptors (Lipinski definition) is 4. The molecule has 1 unspecified atom stereocenters. The van der Waals surface area contributed by atoms with Crippen LogP contribution in [-0.2, 0) is 12.8 Å². The Balaban J connectivity index is 1.62. The lowest BCUT2D eigenvalue weighted by Gasteiger charge is -2.15. The van der Waals surface area contributed by atoms with E-state index in [1.54, 1.807) is 11.3 Å². The fraction of sp³-hybridized carbons (Fsp3) is 0.333. The largest absolute Gasteiger partial charge is 0.297 e. The van der Waals surface area contributed by atoms with Crippen molar-refractivity contribution in [1.29, 1.82) is 0 Å². The molecule has 2 heterocycles. The molecule has 1 amide bonds. The normalized spacial score (nSPS) is 17.0. The monoisotopic (exact) mass is 376 g/mol. The van der Waals surface area contributed by atoms with Crippen LogP contribution in [0.25, 0.3) is 10.1 Å². The number of thiophene rings is 1. The Hall–Kier alpha value is -1.43. The molecule has 1 aliphatic rings. The number of nitrogens with zero attached hydrogens (tertiary/aromatic N) is 1. The van der Waals surface area contributed by atoms with Crippen molar-refractivity contribution in [3.63, 3.8) is 0 Å². The van der Waals surface area contributed by atoms with E-state index in [2.05, 4.69) is 23.3 Å². The highest BCUT2D eigenvalue weighted by Gasteiger charge is 2.22. The first-order chi connectivity index (χ1) is 11.5. The first-order valence-electron chi connectivity index (χ1n) is 8.00. The van der Waals surface area contributed by atoms with Crippen LogP contribution < -0.4 is 5.32 Å². The summed E-state index contributed by atoms with van der Waals surface area (Å²) in [6, 6.07) is 6.05. The summed E-state index contributed by atoms with van der Waals surface area (Å²) in [6.07, 6.45) is 3.24. The van der Waals surface area contributed by atoms with Gasteiger partial charge in [0.2, 0.25) is 0 Å². The van der Waals surface area contributed by atoms with E-state index in [0.717, 1.165) is 34.2 Å². The maximum atomic E-state index is 12.6. The van der Waals surface area contributed by atoms with Gasteiger partial charge in [-0.25, -0.2) is 4.98 Å². The highest BCUT2D eigenvalue weighted by molar-refractivity contribution is 7.22. The molecule has 1 atom stereocenters. The quantitative estimate of drug-likeness (QED) is 0.623. The van der Waals surface area contributed by atoms with Crippen molar-refractivity contribution < 1.29 is 4.79 Å². The third kappa shape index (κ3) is 2.85. The minimum atomic E-state index is -0.169. The fourth-order valence-electron chi connectivity index (χ4n) is 3.07. The van der Waals surface area contributed by atoms with Gasteiger partial charge in [-0.1, -0.05) is 30.7 Å². The lowest BCUT2D eigenvalue weighted by atomic mass is 9.93. The zero-order valence-corrected chi connectivity index (χ0v) is 15.9. The number of rotatable bonds is 2. The van der Waals surface area contributed by atoms with Gasteiger partial charge in [0, 0.05) is 15.0 Å². The maximum absolute atomic E-state index is 12.6. The number of hydrogen-bond donors (Lipinski definition) is 1. The first kappa shape index (κ1) is 16.1. The third-order valence-corrected chi connectivity index (χ3v) is 7.09. The standard InChI is InChI=1S/C18H17ClN2OS2/c1-9-3-5-11-13(7-9)23-16(15(11)19)17(22)21-18-20-12-6-4-10(2)8-14(12)24-18/h3,5,7,10H,4,6,8H2,1-2H3,(H,20,21,22). The molecule has 3 aromatic rings. The molecule has 0 saturated carbocycles. The van der Waals surface area contributed by atoms with Crippen molar-refractivity contribution in [2.45, 2.75) is 33.1 Å². The van der Waals surface area contributed by atoms with Crippen LogP contribution in [0.3, 0.4) is 0 Å². The molecule has 24 heavy (non-hydrogen) atoms. The number of benzene rings is 1. The van der Waals surface area contributed by atoms with E-state index in [4.69, 9.17) is 11.6 Å². The van der Waals surface area contributed by atoms with Gasteiger partial charge in [0.25, 0.3) is 5.91 Å². The molecule has 4 rings (SSSR count). The highest BCUT2D eigenvalue weighted by Crippen LogP contribution is 2.37. The van der Waals surface area contributed by atoms with Gasteiger partial charge >= 0.3 is 0 Å². The Morgan fingerprint density at radius 2 is 2.21 bits per heavy atom. The molecule has 0 fully saturated rings. The van der Waals surface area contributed by atoms with Crippen molar-refractivity contribution in [3.05, 3.63) is 44.2 Å². The van der Waals surface area contributed by atoms with E-state index in [-0.39, 0.29) is 5.91 Å². The van der Waals surface area contributed by atoms with Crippen molar-refractivity contribution in [2.75, 3.05) is 5.32 Å². The lowest BCUT2D eigenvalue weighted by molar-refractivity contribution is 0.103. The molecular weight excluding hydrogens is 360 g/mol. The van der Waals surface area contributed by atoms with Crippen LogP contribution in [0.5, 0.6) is 0 Å². The number of halogens is 1. The molecule has 1 aliphatic carbocycles. The van der Waals surface area contributed by atoms with E-state index in [1.807, 2.05) is 19.1 Å². The van der Waals surface area contributed by atoms with Crippen LogP contribution >= 0.6 is 34.3 Å². The van der Waals surface area contributed by atoms with Crippen LogP contribution in [0.4, 0.5) is 5.13 Å². The summed E-state index contributed by atoms with van der Waals surface area (Å²) < 4.78 is 1.04. The van der Waals surface area contributed by atoms with Gasteiger partial charge in [-0.2, -0.15) is 0 Å². The van der Waals surface area contributed by atoms with Crippen molar-refractivity contribution in [3.8, 4) is 0 Å². The molecule has 0 radical (unpaired) electrons. The van der Waals surface area contributed by atoms with Gasteiger partial charge in [0.05, 0.1) is 10.7 Å². The molecule has 1 aromatic carbocycles. The summed E-state index contributed by atoms with van der Waals surface area (Å²) in [6.45, 7) is 4.30. The summed E-state index contributed by atoms with van der Waals surface area (Å²) in [4.78, 5) is 19.1. The van der Waals surface area contributed by atoms with Crippen molar-refractivity contribution in [2.24, 2.45) is 5.92 Å². The molecule has 3 nitrogen and oxygen atoms in total. The minimum absolute atomic E-state index is 0.169. The molecule has 0 saturated heterocycles. The Bertz CT molecular complexity index is 944. The topological polar surface area (TPSA) is 42.0 Å². The Morgan fingerprint density at radius 3 is 3.04 bits per heavy atom. The molecule has 0 aliphatic heterocycles. The second-order valence-electron chi connectivity index (χ2n) is 6.44. The number of aryl methyl sites for hydroxylation is 2.